The van der Waals surface area contributed by atoms with Crippen molar-refractivity contribution in [1.82, 2.24) is 15.2 Å². The second-order valence-corrected chi connectivity index (χ2v) is 11.2. The Morgan fingerprint density at radius 2 is 2.08 bits per heavy atom. The number of hydrogen-bond acceptors (Lipinski definition) is 11. The molecule has 2 bridgehead atoms. The normalized spacial score (nSPS) is 27.5. The molecule has 4 heterocycles. The molecule has 0 aliphatic carbocycles. The number of thiazole rings is 1. The van der Waals surface area contributed by atoms with Gasteiger partial charge in [0.1, 0.15) is 17.5 Å². The molecule has 4 atom stereocenters. The number of aliphatic hydroxyl groups excluding tert-OH is 1. The number of aliphatic carboxylic acids is 1. The highest BCUT2D eigenvalue weighted by molar-refractivity contribution is 7.11. The number of carboxylic acids is 1. The number of morpholine rings is 1. The average molecular weight is 595 g/mol. The van der Waals surface area contributed by atoms with Gasteiger partial charge in [0.25, 0.3) is 0 Å². The van der Waals surface area contributed by atoms with E-state index >= 15 is 0 Å². The van der Waals surface area contributed by atoms with Crippen molar-refractivity contribution in [1.29, 1.82) is 0 Å². The number of fused-ring (bicyclic) bond motifs is 2. The number of ether oxygens (including phenoxy) is 2. The van der Waals surface area contributed by atoms with Gasteiger partial charge in [-0.1, -0.05) is 17.7 Å². The highest BCUT2D eigenvalue weighted by Crippen LogP contribution is 2.40. The summed E-state index contributed by atoms with van der Waals surface area (Å²) in [6.07, 6.45) is -0.130. The predicted octanol–water partition coefficient (Wildman–Crippen LogP) is 1.88. The Morgan fingerprint density at radius 3 is 2.67 bits per heavy atom. The molecule has 5 rings (SSSR count). The van der Waals surface area contributed by atoms with Crippen molar-refractivity contribution in [2.45, 2.75) is 49.6 Å². The number of piperidine rings is 1. The summed E-state index contributed by atoms with van der Waals surface area (Å²) in [7, 11) is 0. The zero-order chi connectivity index (χ0) is 28.6. The Morgan fingerprint density at radius 1 is 1.35 bits per heavy atom. The van der Waals surface area contributed by atoms with Crippen LogP contribution in [-0.4, -0.2) is 93.1 Å². The SMILES string of the molecule is CCOC(=O)C(O)C1(O)CC2COCC(C1)N2CC1=C(C(=O)O)[C@H](c2ccc(F)cc2Cl)N=C(c2nccs2)N1. The van der Waals surface area contributed by atoms with Gasteiger partial charge in [-0.05, 0) is 31.9 Å². The van der Waals surface area contributed by atoms with Crippen molar-refractivity contribution >= 4 is 40.7 Å². The zero-order valence-electron chi connectivity index (χ0n) is 21.4. The number of benzene rings is 1. The van der Waals surface area contributed by atoms with Gasteiger partial charge in [0.15, 0.2) is 16.9 Å². The van der Waals surface area contributed by atoms with E-state index in [0.29, 0.717) is 22.1 Å². The number of rotatable bonds is 8. The maximum absolute atomic E-state index is 13.8. The van der Waals surface area contributed by atoms with E-state index in [1.165, 1.54) is 23.5 Å². The molecular formula is C26H28ClFN4O7S. The fraction of sp³-hybridized carbons (Fsp3) is 0.462. The Hall–Kier alpha value is -2.94. The fourth-order valence-electron chi connectivity index (χ4n) is 5.56. The second-order valence-electron chi connectivity index (χ2n) is 9.89. The summed E-state index contributed by atoms with van der Waals surface area (Å²) in [6.45, 7) is 2.18. The molecule has 0 amide bonds. The fourth-order valence-corrected chi connectivity index (χ4v) is 6.41. The molecule has 2 fully saturated rings. The molecule has 1 aromatic carbocycles. The van der Waals surface area contributed by atoms with E-state index in [1.54, 1.807) is 18.5 Å². The number of hydrogen-bond donors (Lipinski definition) is 4. The molecule has 2 saturated heterocycles. The minimum atomic E-state index is -1.73. The molecule has 1 aromatic heterocycles. The van der Waals surface area contributed by atoms with Crippen LogP contribution in [0.4, 0.5) is 4.39 Å². The van der Waals surface area contributed by atoms with Crippen LogP contribution in [0.15, 0.2) is 46.0 Å². The lowest BCUT2D eigenvalue weighted by atomic mass is 9.77. The summed E-state index contributed by atoms with van der Waals surface area (Å²) in [4.78, 5) is 35.8. The van der Waals surface area contributed by atoms with Crippen molar-refractivity contribution in [2.24, 2.45) is 4.99 Å². The van der Waals surface area contributed by atoms with Crippen LogP contribution in [0.2, 0.25) is 5.02 Å². The highest BCUT2D eigenvalue weighted by Gasteiger charge is 2.52. The largest absolute Gasteiger partial charge is 0.478 e. The number of carbonyl (C=O) groups excluding carboxylic acids is 1. The maximum atomic E-state index is 13.8. The van der Waals surface area contributed by atoms with Crippen LogP contribution in [-0.2, 0) is 19.1 Å². The first-order valence-electron chi connectivity index (χ1n) is 12.7. The number of carboxylic acid groups (broad SMARTS) is 1. The quantitative estimate of drug-likeness (QED) is 0.333. The third-order valence-corrected chi connectivity index (χ3v) is 8.45. The molecule has 40 heavy (non-hydrogen) atoms. The summed E-state index contributed by atoms with van der Waals surface area (Å²) in [5, 5.41) is 37.7. The Bertz CT molecular complexity index is 1340. The lowest BCUT2D eigenvalue weighted by molar-refractivity contribution is -0.195. The molecule has 3 aliphatic rings. The number of halogens is 2. The van der Waals surface area contributed by atoms with Crippen LogP contribution in [0.1, 0.15) is 36.4 Å². The first-order chi connectivity index (χ1) is 19.1. The number of aliphatic imine (C=N–C) groups is 1. The summed E-state index contributed by atoms with van der Waals surface area (Å²) >= 11 is 7.67. The van der Waals surface area contributed by atoms with E-state index in [0.717, 1.165) is 6.07 Å². The predicted molar refractivity (Wildman–Crippen MR) is 143 cm³/mol. The van der Waals surface area contributed by atoms with Crippen molar-refractivity contribution in [3.63, 3.8) is 0 Å². The lowest BCUT2D eigenvalue weighted by Gasteiger charge is -2.52. The molecule has 0 saturated carbocycles. The van der Waals surface area contributed by atoms with Gasteiger partial charge in [0, 0.05) is 46.5 Å². The zero-order valence-corrected chi connectivity index (χ0v) is 23.0. The Balaban J connectivity index is 1.51. The van der Waals surface area contributed by atoms with Gasteiger partial charge in [-0.3, -0.25) is 9.89 Å². The molecule has 2 aromatic rings. The van der Waals surface area contributed by atoms with Crippen LogP contribution >= 0.6 is 22.9 Å². The highest BCUT2D eigenvalue weighted by atomic mass is 35.5. The van der Waals surface area contributed by atoms with Gasteiger partial charge < -0.3 is 30.1 Å². The standard InChI is InChI=1S/C26H28ClFN4O7S/c1-2-39-25(36)21(33)26(37)8-14-11-38-12-15(9-26)32(14)10-18-19(24(34)35)20(16-4-3-13(28)7-17(16)27)31-22(30-18)23-29-5-6-40-23/h3-7,14-15,20-21,33,37H,2,8-12H2,1H3,(H,30,31)(H,34,35)/t14?,15?,20-,21?,26?/m0/s1. The van der Waals surface area contributed by atoms with Crippen LogP contribution < -0.4 is 5.32 Å². The van der Waals surface area contributed by atoms with Gasteiger partial charge in [-0.25, -0.2) is 19.0 Å². The lowest BCUT2D eigenvalue weighted by Crippen LogP contribution is -2.66. The summed E-state index contributed by atoms with van der Waals surface area (Å²) in [5.41, 5.74) is -1.15. The van der Waals surface area contributed by atoms with Crippen LogP contribution in [0.5, 0.6) is 0 Å². The Labute approximate surface area is 237 Å². The first-order valence-corrected chi connectivity index (χ1v) is 13.9. The molecule has 0 radical (unpaired) electrons. The van der Waals surface area contributed by atoms with Gasteiger partial charge in [-0.2, -0.15) is 0 Å². The average Bonchev–Trinajstić information content (AvgIpc) is 3.44. The van der Waals surface area contributed by atoms with E-state index in [4.69, 9.17) is 21.1 Å². The summed E-state index contributed by atoms with van der Waals surface area (Å²) in [6, 6.07) is 1.78. The van der Waals surface area contributed by atoms with E-state index in [-0.39, 0.29) is 49.8 Å². The van der Waals surface area contributed by atoms with E-state index < -0.39 is 47.6 Å². The van der Waals surface area contributed by atoms with Crippen LogP contribution in [0, 0.1) is 5.82 Å². The smallest absolute Gasteiger partial charge is 0.338 e. The molecule has 4 N–H and O–H groups in total. The number of esters is 1. The number of nitrogens with zero attached hydrogens (tertiary/aromatic N) is 3. The van der Waals surface area contributed by atoms with Gasteiger partial charge >= 0.3 is 11.9 Å². The number of aromatic nitrogens is 1. The molecular weight excluding hydrogens is 567 g/mol. The van der Waals surface area contributed by atoms with E-state index in [9.17, 15) is 29.3 Å². The number of aliphatic hydroxyl groups is 2. The van der Waals surface area contributed by atoms with Crippen molar-refractivity contribution in [3.8, 4) is 0 Å². The third-order valence-electron chi connectivity index (χ3n) is 7.34. The summed E-state index contributed by atoms with van der Waals surface area (Å²) in [5.74, 6) is -2.35. The minimum absolute atomic E-state index is 0.000187. The number of nitrogens with one attached hydrogen (secondary N) is 1. The monoisotopic (exact) mass is 594 g/mol. The number of carbonyl (C=O) groups is 2. The topological polar surface area (TPSA) is 154 Å². The first kappa shape index (κ1) is 28.6. The molecule has 11 nitrogen and oxygen atoms in total. The third kappa shape index (κ3) is 5.49. The van der Waals surface area contributed by atoms with E-state index in [1.807, 2.05) is 4.90 Å². The van der Waals surface area contributed by atoms with Crippen molar-refractivity contribution < 1.29 is 38.8 Å². The van der Waals surface area contributed by atoms with Crippen molar-refractivity contribution in [3.05, 3.63) is 62.5 Å². The van der Waals surface area contributed by atoms with Crippen LogP contribution in [0.3, 0.4) is 0 Å². The molecule has 3 unspecified atom stereocenters. The molecule has 3 aliphatic heterocycles. The maximum Gasteiger partial charge on any atom is 0.338 e. The van der Waals surface area contributed by atoms with Gasteiger partial charge in [0.05, 0.1) is 25.4 Å². The molecule has 0 spiro atoms. The molecule has 14 heteroatoms. The second kappa shape index (κ2) is 11.5. The number of amidine groups is 1. The van der Waals surface area contributed by atoms with Crippen molar-refractivity contribution in [2.75, 3.05) is 26.4 Å². The van der Waals surface area contributed by atoms with Crippen LogP contribution in [0.25, 0.3) is 0 Å². The summed E-state index contributed by atoms with van der Waals surface area (Å²) < 4.78 is 24.5. The van der Waals surface area contributed by atoms with Gasteiger partial charge in [0.2, 0.25) is 0 Å². The molecule has 214 valence electrons. The van der Waals surface area contributed by atoms with Gasteiger partial charge in [-0.15, -0.1) is 11.3 Å². The Kier molecular flexibility index (Phi) is 8.22. The minimum Gasteiger partial charge on any atom is -0.478 e. The van der Waals surface area contributed by atoms with E-state index in [2.05, 4.69) is 15.3 Å².